The Labute approximate surface area is 207 Å². The van der Waals surface area contributed by atoms with Gasteiger partial charge in [0, 0.05) is 9.90 Å². The van der Waals surface area contributed by atoms with Gasteiger partial charge in [0.05, 0.1) is 23.3 Å². The molecule has 174 valence electrons. The summed E-state index contributed by atoms with van der Waals surface area (Å²) in [4.78, 5) is 25.8. The number of ether oxygens (including phenoxy) is 1. The molecule has 0 saturated heterocycles. The van der Waals surface area contributed by atoms with E-state index in [-0.39, 0.29) is 30.6 Å². The average molecular weight is 547 g/mol. The number of carbonyl (C=O) groups is 2. The van der Waals surface area contributed by atoms with Gasteiger partial charge in [-0.3, -0.25) is 14.8 Å². The number of hydrogen-bond donors (Lipinski definition) is 2. The topological polar surface area (TPSA) is 127 Å². The maximum Gasteiger partial charge on any atom is 0.341 e. The molecule has 1 aliphatic rings. The minimum absolute atomic E-state index is 0.0370. The van der Waals surface area contributed by atoms with Crippen LogP contribution in [0.5, 0.6) is 0 Å². The molecule has 3 aromatic rings. The van der Waals surface area contributed by atoms with Gasteiger partial charge < -0.3 is 4.74 Å². The number of nitrogens with zero attached hydrogens (tertiary/aromatic N) is 2. The number of sulfonamides is 1. The normalized spacial score (nSPS) is 13.3. The van der Waals surface area contributed by atoms with Crippen molar-refractivity contribution in [2.24, 2.45) is 0 Å². The number of anilines is 2. The summed E-state index contributed by atoms with van der Waals surface area (Å²) >= 11 is 13.7. The predicted octanol–water partition coefficient (Wildman–Crippen LogP) is 4.62. The molecule has 0 radical (unpaired) electrons. The highest BCUT2D eigenvalue weighted by Crippen LogP contribution is 2.39. The van der Waals surface area contributed by atoms with Gasteiger partial charge in [0.15, 0.2) is 0 Å². The quantitative estimate of drug-likeness (QED) is 0.340. The third-order valence-electron chi connectivity index (χ3n) is 4.82. The van der Waals surface area contributed by atoms with Crippen molar-refractivity contribution < 1.29 is 22.7 Å². The molecule has 33 heavy (non-hydrogen) atoms. The van der Waals surface area contributed by atoms with E-state index in [9.17, 15) is 18.0 Å². The molecule has 14 heteroatoms. The second-order valence-corrected chi connectivity index (χ2v) is 11.7. The summed E-state index contributed by atoms with van der Waals surface area (Å²) in [6.45, 7) is 0. The van der Waals surface area contributed by atoms with E-state index in [0.29, 0.717) is 22.8 Å². The van der Waals surface area contributed by atoms with Crippen LogP contribution in [0.15, 0.2) is 22.5 Å². The lowest BCUT2D eigenvalue weighted by molar-refractivity contribution is 0.0601. The Morgan fingerprint density at radius 1 is 1.12 bits per heavy atom. The Kier molecular flexibility index (Phi) is 6.91. The number of aryl methyl sites for hydroxylation is 1. The summed E-state index contributed by atoms with van der Waals surface area (Å²) in [5, 5.41) is 10.5. The highest BCUT2D eigenvalue weighted by molar-refractivity contribution is 7.94. The SMILES string of the molecule is COC(=O)c1c(NS(=O)(=O)c2nnc(NC(=O)c3ccc(Cl)cc3Cl)s2)sc2c1CCCC2. The number of thiophene rings is 1. The van der Waals surface area contributed by atoms with Crippen LogP contribution in [0.4, 0.5) is 10.1 Å². The van der Waals surface area contributed by atoms with Crippen LogP contribution in [0, 0.1) is 0 Å². The van der Waals surface area contributed by atoms with Crippen LogP contribution in [-0.2, 0) is 27.6 Å². The highest BCUT2D eigenvalue weighted by atomic mass is 35.5. The Hall–Kier alpha value is -2.25. The molecule has 0 spiro atoms. The summed E-state index contributed by atoms with van der Waals surface area (Å²) in [5.41, 5.74) is 1.20. The molecule has 2 aromatic heterocycles. The number of hydrogen-bond acceptors (Lipinski definition) is 9. The third-order valence-corrected chi connectivity index (χ3v) is 9.26. The Balaban J connectivity index is 1.57. The summed E-state index contributed by atoms with van der Waals surface area (Å²) in [6, 6.07) is 4.35. The van der Waals surface area contributed by atoms with Crippen molar-refractivity contribution in [3.05, 3.63) is 49.8 Å². The fourth-order valence-electron chi connectivity index (χ4n) is 3.33. The molecular formula is C19H16Cl2N4O5S3. The van der Waals surface area contributed by atoms with Crippen molar-refractivity contribution in [1.29, 1.82) is 0 Å². The van der Waals surface area contributed by atoms with Crippen molar-refractivity contribution in [2.75, 3.05) is 17.1 Å². The molecule has 1 amide bonds. The molecule has 0 aliphatic heterocycles. The number of rotatable bonds is 6. The molecule has 2 heterocycles. The van der Waals surface area contributed by atoms with Gasteiger partial charge in [-0.05, 0) is 49.4 Å². The predicted molar refractivity (Wildman–Crippen MR) is 127 cm³/mol. The van der Waals surface area contributed by atoms with Gasteiger partial charge in [-0.1, -0.05) is 34.5 Å². The molecule has 0 fully saturated rings. The van der Waals surface area contributed by atoms with E-state index < -0.39 is 21.9 Å². The van der Waals surface area contributed by atoms with Crippen LogP contribution in [0.2, 0.25) is 10.0 Å². The number of aromatic nitrogens is 2. The first kappa shape index (κ1) is 23.9. The van der Waals surface area contributed by atoms with Crippen molar-refractivity contribution in [2.45, 2.75) is 30.0 Å². The van der Waals surface area contributed by atoms with Crippen LogP contribution in [-0.4, -0.2) is 37.6 Å². The first-order valence-electron chi connectivity index (χ1n) is 9.55. The van der Waals surface area contributed by atoms with E-state index in [1.807, 2.05) is 0 Å². The smallest absolute Gasteiger partial charge is 0.341 e. The fraction of sp³-hybridized carbons (Fsp3) is 0.263. The van der Waals surface area contributed by atoms with Gasteiger partial charge in [0.2, 0.25) is 5.13 Å². The monoisotopic (exact) mass is 546 g/mol. The first-order valence-corrected chi connectivity index (χ1v) is 13.4. The Morgan fingerprint density at radius 2 is 1.88 bits per heavy atom. The van der Waals surface area contributed by atoms with Crippen LogP contribution in [0.3, 0.4) is 0 Å². The zero-order valence-electron chi connectivity index (χ0n) is 17.0. The molecule has 4 rings (SSSR count). The van der Waals surface area contributed by atoms with Gasteiger partial charge in [0.25, 0.3) is 20.3 Å². The minimum atomic E-state index is -4.17. The zero-order chi connectivity index (χ0) is 23.8. The number of nitrogens with one attached hydrogen (secondary N) is 2. The zero-order valence-corrected chi connectivity index (χ0v) is 20.9. The number of carbonyl (C=O) groups excluding carboxylic acids is 2. The molecule has 2 N–H and O–H groups in total. The van der Waals surface area contributed by atoms with Gasteiger partial charge in [-0.15, -0.1) is 21.5 Å². The largest absolute Gasteiger partial charge is 0.465 e. The van der Waals surface area contributed by atoms with Crippen molar-refractivity contribution in [3.63, 3.8) is 0 Å². The highest BCUT2D eigenvalue weighted by Gasteiger charge is 2.30. The van der Waals surface area contributed by atoms with E-state index in [1.54, 1.807) is 0 Å². The number of halogens is 2. The number of fused-ring (bicyclic) bond motifs is 1. The minimum Gasteiger partial charge on any atom is -0.465 e. The van der Waals surface area contributed by atoms with E-state index in [1.165, 1.54) is 36.6 Å². The van der Waals surface area contributed by atoms with Crippen LogP contribution >= 0.6 is 45.9 Å². The van der Waals surface area contributed by atoms with Gasteiger partial charge >= 0.3 is 5.97 Å². The second kappa shape index (κ2) is 9.55. The molecule has 0 saturated carbocycles. The lowest BCUT2D eigenvalue weighted by atomic mass is 9.95. The molecule has 0 bridgehead atoms. The Morgan fingerprint density at radius 3 is 2.61 bits per heavy atom. The van der Waals surface area contributed by atoms with Crippen LogP contribution < -0.4 is 10.0 Å². The summed E-state index contributed by atoms with van der Waals surface area (Å²) in [5.74, 6) is -1.19. The maximum atomic E-state index is 12.9. The molecular weight excluding hydrogens is 531 g/mol. The van der Waals surface area contributed by atoms with E-state index in [2.05, 4.69) is 20.2 Å². The van der Waals surface area contributed by atoms with Gasteiger partial charge in [-0.2, -0.15) is 8.42 Å². The van der Waals surface area contributed by atoms with E-state index in [0.717, 1.165) is 29.7 Å². The first-order chi connectivity index (χ1) is 15.7. The molecule has 1 aromatic carbocycles. The number of methoxy groups -OCH3 is 1. The van der Waals surface area contributed by atoms with Crippen molar-refractivity contribution in [3.8, 4) is 0 Å². The molecule has 0 unspecified atom stereocenters. The number of benzene rings is 1. The van der Waals surface area contributed by atoms with E-state index >= 15 is 0 Å². The molecule has 0 atom stereocenters. The summed E-state index contributed by atoms with van der Waals surface area (Å²) in [7, 11) is -2.92. The molecule has 1 aliphatic carbocycles. The Bertz CT molecular complexity index is 1350. The van der Waals surface area contributed by atoms with Crippen molar-refractivity contribution >= 4 is 77.9 Å². The lowest BCUT2D eigenvalue weighted by Crippen LogP contribution is -2.15. The van der Waals surface area contributed by atoms with Crippen molar-refractivity contribution in [1.82, 2.24) is 10.2 Å². The summed E-state index contributed by atoms with van der Waals surface area (Å²) < 4.78 is 32.8. The summed E-state index contributed by atoms with van der Waals surface area (Å²) in [6.07, 6.45) is 3.34. The molecule has 9 nitrogen and oxygen atoms in total. The fourth-order valence-corrected chi connectivity index (χ4v) is 7.30. The van der Waals surface area contributed by atoms with Gasteiger partial charge in [0.1, 0.15) is 5.00 Å². The average Bonchev–Trinajstić information content (AvgIpc) is 3.37. The third kappa shape index (κ3) is 4.99. The second-order valence-electron chi connectivity index (χ2n) is 6.96. The van der Waals surface area contributed by atoms with Crippen LogP contribution in [0.1, 0.15) is 44.0 Å². The van der Waals surface area contributed by atoms with E-state index in [4.69, 9.17) is 27.9 Å². The van der Waals surface area contributed by atoms with Crippen LogP contribution in [0.25, 0.3) is 0 Å². The maximum absolute atomic E-state index is 12.9. The number of esters is 1. The lowest BCUT2D eigenvalue weighted by Gasteiger charge is -2.11. The number of amides is 1. The van der Waals surface area contributed by atoms with Gasteiger partial charge in [-0.25, -0.2) is 4.79 Å². The standard InChI is InChI=1S/C19H16Cl2N4O5S3/c1-30-17(27)14-11-4-2-3-5-13(11)31-16(14)25-33(28,29)19-24-23-18(32-19)22-15(26)10-7-6-9(20)8-12(10)21/h6-8,25H,2-5H2,1H3,(H,22,23,26).